The van der Waals surface area contributed by atoms with Crippen molar-refractivity contribution < 1.29 is 19.2 Å². The van der Waals surface area contributed by atoms with Gasteiger partial charge in [0, 0.05) is 17.1 Å². The highest BCUT2D eigenvalue weighted by Crippen LogP contribution is 2.23. The normalized spacial score (nSPS) is 10.1. The Labute approximate surface area is 163 Å². The molecule has 0 aliphatic carbocycles. The summed E-state index contributed by atoms with van der Waals surface area (Å²) >= 11 is 1.43. The number of amides is 1. The van der Waals surface area contributed by atoms with Crippen LogP contribution in [0.1, 0.15) is 10.4 Å². The molecular formula is C19H15N3O5S. The molecule has 2 N–H and O–H groups in total. The van der Waals surface area contributed by atoms with Crippen LogP contribution in [0.15, 0.2) is 65.4 Å². The molecule has 28 heavy (non-hydrogen) atoms. The number of ether oxygens (including phenoxy) is 1. The lowest BCUT2D eigenvalue weighted by atomic mass is 10.2. The molecule has 0 aliphatic rings. The van der Waals surface area contributed by atoms with Gasteiger partial charge in [0.15, 0.2) is 0 Å². The number of anilines is 2. The number of carbonyl (C=O) groups excluding carboxylic acids is 2. The molecule has 1 heterocycles. The van der Waals surface area contributed by atoms with Gasteiger partial charge in [-0.25, -0.2) is 4.79 Å². The number of rotatable bonds is 7. The Balaban J connectivity index is 1.53. The SMILES string of the molecule is O=C(CNc1ccccc1[N+](=O)[O-])Oc1ccc(NC(=O)c2ccsc2)cc1. The Kier molecular flexibility index (Phi) is 5.97. The maximum atomic E-state index is 12.0. The molecule has 0 radical (unpaired) electrons. The van der Waals surface area contributed by atoms with Crippen LogP contribution in [0.5, 0.6) is 5.75 Å². The third kappa shape index (κ3) is 4.92. The molecule has 0 saturated carbocycles. The molecule has 9 heteroatoms. The van der Waals surface area contributed by atoms with Crippen molar-refractivity contribution in [3.05, 3.63) is 81.0 Å². The van der Waals surface area contributed by atoms with E-state index in [0.717, 1.165) is 0 Å². The third-order valence-electron chi connectivity index (χ3n) is 3.65. The number of para-hydroxylation sites is 2. The van der Waals surface area contributed by atoms with E-state index in [9.17, 15) is 19.7 Å². The van der Waals surface area contributed by atoms with Crippen molar-refractivity contribution in [3.8, 4) is 5.75 Å². The van der Waals surface area contributed by atoms with E-state index in [-0.39, 0.29) is 23.8 Å². The average molecular weight is 397 g/mol. The highest BCUT2D eigenvalue weighted by molar-refractivity contribution is 7.08. The summed E-state index contributed by atoms with van der Waals surface area (Å²) in [5, 5.41) is 20.0. The Bertz CT molecular complexity index is 987. The molecule has 2 aromatic carbocycles. The highest BCUT2D eigenvalue weighted by atomic mass is 32.1. The first-order valence-corrected chi connectivity index (χ1v) is 9.09. The summed E-state index contributed by atoms with van der Waals surface area (Å²) < 4.78 is 5.19. The summed E-state index contributed by atoms with van der Waals surface area (Å²) in [7, 11) is 0. The fourth-order valence-corrected chi connectivity index (χ4v) is 2.96. The Morgan fingerprint density at radius 1 is 1.07 bits per heavy atom. The van der Waals surface area contributed by atoms with E-state index in [0.29, 0.717) is 17.0 Å². The van der Waals surface area contributed by atoms with Crippen molar-refractivity contribution in [1.29, 1.82) is 0 Å². The molecule has 1 aromatic heterocycles. The number of nitrogens with zero attached hydrogens (tertiary/aromatic N) is 1. The van der Waals surface area contributed by atoms with Crippen molar-refractivity contribution in [2.24, 2.45) is 0 Å². The molecule has 0 aliphatic heterocycles. The van der Waals surface area contributed by atoms with Gasteiger partial charge in [-0.05, 0) is 41.8 Å². The predicted molar refractivity (Wildman–Crippen MR) is 106 cm³/mol. The molecule has 3 aromatic rings. The minimum Gasteiger partial charge on any atom is -0.425 e. The van der Waals surface area contributed by atoms with Crippen molar-refractivity contribution >= 4 is 40.3 Å². The van der Waals surface area contributed by atoms with E-state index >= 15 is 0 Å². The van der Waals surface area contributed by atoms with Gasteiger partial charge in [0.1, 0.15) is 18.0 Å². The molecule has 0 bridgehead atoms. The molecule has 0 saturated heterocycles. The third-order valence-corrected chi connectivity index (χ3v) is 4.33. The summed E-state index contributed by atoms with van der Waals surface area (Å²) in [6.07, 6.45) is 0. The number of esters is 1. The number of carbonyl (C=O) groups is 2. The maximum Gasteiger partial charge on any atom is 0.330 e. The van der Waals surface area contributed by atoms with Gasteiger partial charge < -0.3 is 15.4 Å². The van der Waals surface area contributed by atoms with E-state index in [1.165, 1.54) is 23.5 Å². The van der Waals surface area contributed by atoms with Crippen LogP contribution in [0.25, 0.3) is 0 Å². The molecule has 0 atom stereocenters. The fraction of sp³-hybridized carbons (Fsp3) is 0.0526. The number of nitro benzene ring substituents is 1. The first-order valence-electron chi connectivity index (χ1n) is 8.14. The number of benzene rings is 2. The van der Waals surface area contributed by atoms with Crippen LogP contribution in [0, 0.1) is 10.1 Å². The van der Waals surface area contributed by atoms with E-state index in [4.69, 9.17) is 4.74 Å². The van der Waals surface area contributed by atoms with Gasteiger partial charge in [0.2, 0.25) is 0 Å². The van der Waals surface area contributed by atoms with Gasteiger partial charge in [-0.1, -0.05) is 12.1 Å². The van der Waals surface area contributed by atoms with E-state index < -0.39 is 10.9 Å². The summed E-state index contributed by atoms with van der Waals surface area (Å²) in [5.74, 6) is -0.532. The summed E-state index contributed by atoms with van der Waals surface area (Å²) in [5.41, 5.74) is 1.24. The van der Waals surface area contributed by atoms with Gasteiger partial charge in [0.05, 0.1) is 10.5 Å². The lowest BCUT2D eigenvalue weighted by Gasteiger charge is -2.08. The lowest BCUT2D eigenvalue weighted by Crippen LogP contribution is -2.20. The van der Waals surface area contributed by atoms with Gasteiger partial charge in [-0.15, -0.1) is 0 Å². The van der Waals surface area contributed by atoms with E-state index in [1.807, 2.05) is 5.38 Å². The van der Waals surface area contributed by atoms with Gasteiger partial charge in [-0.2, -0.15) is 11.3 Å². The first-order chi connectivity index (χ1) is 13.5. The average Bonchev–Trinajstić information content (AvgIpc) is 3.23. The molecule has 142 valence electrons. The molecule has 3 rings (SSSR count). The smallest absolute Gasteiger partial charge is 0.330 e. The fourth-order valence-electron chi connectivity index (χ4n) is 2.32. The number of hydrogen-bond donors (Lipinski definition) is 2. The van der Waals surface area contributed by atoms with Crippen molar-refractivity contribution in [2.45, 2.75) is 0 Å². The van der Waals surface area contributed by atoms with Crippen LogP contribution in [-0.2, 0) is 4.79 Å². The minimum atomic E-state index is -0.604. The van der Waals surface area contributed by atoms with Crippen LogP contribution in [0.3, 0.4) is 0 Å². The number of thiophene rings is 1. The number of nitrogens with one attached hydrogen (secondary N) is 2. The maximum absolute atomic E-state index is 12.0. The standard InChI is InChI=1S/C19H15N3O5S/c23-18(11-20-16-3-1-2-4-17(16)22(25)26)27-15-7-5-14(6-8-15)21-19(24)13-9-10-28-12-13/h1-10,12,20H,11H2,(H,21,24). The van der Waals surface area contributed by atoms with Crippen LogP contribution in [0.2, 0.25) is 0 Å². The second kappa shape index (κ2) is 8.78. The van der Waals surface area contributed by atoms with E-state index in [2.05, 4.69) is 10.6 Å². The highest BCUT2D eigenvalue weighted by Gasteiger charge is 2.14. The van der Waals surface area contributed by atoms with Crippen LogP contribution in [0.4, 0.5) is 17.1 Å². The van der Waals surface area contributed by atoms with Gasteiger partial charge >= 0.3 is 5.97 Å². The van der Waals surface area contributed by atoms with Gasteiger partial charge in [0.25, 0.3) is 11.6 Å². The quantitative estimate of drug-likeness (QED) is 0.270. The summed E-state index contributed by atoms with van der Waals surface area (Å²) in [4.78, 5) is 34.4. The Morgan fingerprint density at radius 3 is 2.50 bits per heavy atom. The minimum absolute atomic E-state index is 0.124. The van der Waals surface area contributed by atoms with Crippen molar-refractivity contribution in [3.63, 3.8) is 0 Å². The molecule has 0 unspecified atom stereocenters. The zero-order chi connectivity index (χ0) is 19.9. The summed E-state index contributed by atoms with van der Waals surface area (Å²) in [6.45, 7) is -0.235. The van der Waals surface area contributed by atoms with E-state index in [1.54, 1.807) is 47.8 Å². The van der Waals surface area contributed by atoms with Crippen molar-refractivity contribution in [2.75, 3.05) is 17.2 Å². The monoisotopic (exact) mass is 397 g/mol. The van der Waals surface area contributed by atoms with Crippen LogP contribution in [-0.4, -0.2) is 23.3 Å². The van der Waals surface area contributed by atoms with Crippen LogP contribution >= 0.6 is 11.3 Å². The Hall–Kier alpha value is -3.72. The zero-order valence-electron chi connectivity index (χ0n) is 14.5. The molecular weight excluding hydrogens is 382 g/mol. The molecule has 0 fully saturated rings. The zero-order valence-corrected chi connectivity index (χ0v) is 15.3. The second-order valence-electron chi connectivity index (χ2n) is 5.59. The second-order valence-corrected chi connectivity index (χ2v) is 6.37. The van der Waals surface area contributed by atoms with Gasteiger partial charge in [-0.3, -0.25) is 14.9 Å². The molecule has 0 spiro atoms. The number of hydrogen-bond acceptors (Lipinski definition) is 7. The first kappa shape index (κ1) is 19.1. The Morgan fingerprint density at radius 2 is 1.82 bits per heavy atom. The lowest BCUT2D eigenvalue weighted by molar-refractivity contribution is -0.383. The van der Waals surface area contributed by atoms with Crippen molar-refractivity contribution in [1.82, 2.24) is 0 Å². The topological polar surface area (TPSA) is 111 Å². The largest absolute Gasteiger partial charge is 0.425 e. The molecule has 1 amide bonds. The summed E-state index contributed by atoms with van der Waals surface area (Å²) in [6, 6.07) is 14.1. The number of nitro groups is 1. The molecule has 8 nitrogen and oxygen atoms in total. The predicted octanol–water partition coefficient (Wildman–Crippen LogP) is 3.93. The van der Waals surface area contributed by atoms with Crippen LogP contribution < -0.4 is 15.4 Å².